The average Bonchev–Trinajstić information content (AvgIpc) is 3.17. The van der Waals surface area contributed by atoms with Gasteiger partial charge in [0.15, 0.2) is 6.10 Å². The summed E-state index contributed by atoms with van der Waals surface area (Å²) in [6.07, 6.45) is -1.04. The molecule has 1 amide bonds. The molecule has 3 aromatic carbocycles. The van der Waals surface area contributed by atoms with Gasteiger partial charge in [0.2, 0.25) is 0 Å². The molecule has 0 saturated carbocycles. The molecule has 3 N–H and O–H groups in total. The molecule has 0 aliphatic heterocycles. The Hall–Kier alpha value is -4.33. The molecule has 4 rings (SSSR count). The fraction of sp³-hybridized carbons (Fsp3) is 0.125. The predicted molar refractivity (Wildman–Crippen MR) is 120 cm³/mol. The van der Waals surface area contributed by atoms with Gasteiger partial charge in [-0.25, -0.2) is 9.59 Å². The number of hydrogen-bond acceptors (Lipinski definition) is 5. The Bertz CT molecular complexity index is 1310. The monoisotopic (exact) mass is 431 g/mol. The Kier molecular flexibility index (Phi) is 6.03. The van der Waals surface area contributed by atoms with Crippen LogP contribution in [0.1, 0.15) is 22.8 Å². The smallest absolute Gasteiger partial charge is 0.339 e. The molecule has 4 aromatic rings. The van der Waals surface area contributed by atoms with Crippen molar-refractivity contribution in [3.63, 3.8) is 0 Å². The third-order valence-electron chi connectivity index (χ3n) is 4.81. The predicted octanol–water partition coefficient (Wildman–Crippen LogP) is 3.62. The van der Waals surface area contributed by atoms with Crippen LogP contribution in [0, 0.1) is 0 Å². The van der Waals surface area contributed by atoms with Crippen LogP contribution in [0.4, 0.5) is 5.69 Å². The van der Waals surface area contributed by atoms with E-state index in [-0.39, 0.29) is 12.3 Å². The molecule has 32 heavy (non-hydrogen) atoms. The minimum Gasteiger partial charge on any atom is -0.489 e. The van der Waals surface area contributed by atoms with Crippen molar-refractivity contribution < 1.29 is 19.1 Å². The van der Waals surface area contributed by atoms with E-state index in [1.54, 1.807) is 42.5 Å². The van der Waals surface area contributed by atoms with E-state index < -0.39 is 18.0 Å². The Labute approximate surface area is 183 Å². The molecule has 0 bridgehead atoms. The van der Waals surface area contributed by atoms with E-state index in [1.807, 2.05) is 30.3 Å². The summed E-state index contributed by atoms with van der Waals surface area (Å²) >= 11 is 0. The number of aromatic amines is 2. The maximum atomic E-state index is 12.7. The van der Waals surface area contributed by atoms with Gasteiger partial charge in [-0.15, -0.1) is 0 Å². The first-order valence-electron chi connectivity index (χ1n) is 9.99. The van der Waals surface area contributed by atoms with Crippen LogP contribution in [-0.4, -0.2) is 27.9 Å². The van der Waals surface area contributed by atoms with Gasteiger partial charge in [0.1, 0.15) is 12.4 Å². The van der Waals surface area contributed by atoms with Gasteiger partial charge in [0, 0.05) is 11.3 Å². The number of rotatable bonds is 7. The van der Waals surface area contributed by atoms with Crippen molar-refractivity contribution in [2.75, 3.05) is 5.32 Å². The number of para-hydroxylation sites is 1. The first kappa shape index (κ1) is 20.9. The number of imidazole rings is 1. The quantitative estimate of drug-likeness (QED) is 0.387. The largest absolute Gasteiger partial charge is 0.489 e. The van der Waals surface area contributed by atoms with Crippen LogP contribution >= 0.6 is 0 Å². The van der Waals surface area contributed by atoms with Crippen LogP contribution in [0.2, 0.25) is 0 Å². The lowest BCUT2D eigenvalue weighted by molar-refractivity contribution is -0.123. The lowest BCUT2D eigenvalue weighted by Crippen LogP contribution is -2.30. The maximum absolute atomic E-state index is 12.7. The van der Waals surface area contributed by atoms with Crippen LogP contribution in [0.3, 0.4) is 0 Å². The zero-order valence-corrected chi connectivity index (χ0v) is 17.3. The molecule has 8 nitrogen and oxygen atoms in total. The summed E-state index contributed by atoms with van der Waals surface area (Å²) in [6, 6.07) is 21.1. The van der Waals surface area contributed by atoms with Gasteiger partial charge in [-0.3, -0.25) is 4.79 Å². The molecule has 1 atom stereocenters. The van der Waals surface area contributed by atoms with E-state index in [0.29, 0.717) is 33.6 Å². The fourth-order valence-electron chi connectivity index (χ4n) is 3.15. The average molecular weight is 431 g/mol. The highest BCUT2D eigenvalue weighted by molar-refractivity contribution is 5.98. The number of esters is 1. The van der Waals surface area contributed by atoms with Crippen molar-refractivity contribution in [2.45, 2.75) is 19.6 Å². The molecule has 0 radical (unpaired) electrons. The summed E-state index contributed by atoms with van der Waals surface area (Å²) in [5.74, 6) is -0.428. The SMILES string of the molecule is C[C@@H](OC(=O)c1ccccc1COc1ccccc1)C(=O)Nc1ccc2[nH]c(=O)[nH]c2c1. The van der Waals surface area contributed by atoms with E-state index in [1.165, 1.54) is 6.92 Å². The minimum atomic E-state index is -1.04. The molecule has 0 fully saturated rings. The van der Waals surface area contributed by atoms with Crippen molar-refractivity contribution in [3.05, 3.63) is 94.4 Å². The highest BCUT2D eigenvalue weighted by atomic mass is 16.5. The van der Waals surface area contributed by atoms with Gasteiger partial charge >= 0.3 is 11.7 Å². The standard InChI is InChI=1S/C24H21N3O5/c1-15(22(28)25-17-11-12-20-21(13-17)27-24(30)26-20)32-23(29)19-10-6-5-7-16(19)14-31-18-8-3-2-4-9-18/h2-13,15H,14H2,1H3,(H,25,28)(H2,26,27,30)/t15-/m1/s1. The zero-order chi connectivity index (χ0) is 22.5. The van der Waals surface area contributed by atoms with Gasteiger partial charge in [0.25, 0.3) is 5.91 Å². The molecule has 8 heteroatoms. The molecular weight excluding hydrogens is 410 g/mol. The fourth-order valence-corrected chi connectivity index (χ4v) is 3.15. The lowest BCUT2D eigenvalue weighted by atomic mass is 10.1. The number of fused-ring (bicyclic) bond motifs is 1. The molecule has 0 unspecified atom stereocenters. The highest BCUT2D eigenvalue weighted by Gasteiger charge is 2.21. The highest BCUT2D eigenvalue weighted by Crippen LogP contribution is 2.18. The second-order valence-electron chi connectivity index (χ2n) is 7.14. The van der Waals surface area contributed by atoms with Gasteiger partial charge in [-0.1, -0.05) is 36.4 Å². The van der Waals surface area contributed by atoms with Crippen LogP contribution in [0.25, 0.3) is 11.0 Å². The zero-order valence-electron chi connectivity index (χ0n) is 17.3. The summed E-state index contributed by atoms with van der Waals surface area (Å²) in [6.45, 7) is 1.68. The second kappa shape index (κ2) is 9.22. The van der Waals surface area contributed by atoms with E-state index in [0.717, 1.165) is 0 Å². The molecule has 0 spiro atoms. The third-order valence-corrected chi connectivity index (χ3v) is 4.81. The van der Waals surface area contributed by atoms with Crippen LogP contribution in [0.5, 0.6) is 5.75 Å². The number of anilines is 1. The minimum absolute atomic E-state index is 0.185. The number of ether oxygens (including phenoxy) is 2. The Balaban J connectivity index is 1.40. The first-order valence-corrected chi connectivity index (χ1v) is 9.99. The van der Waals surface area contributed by atoms with E-state index in [9.17, 15) is 14.4 Å². The summed E-state index contributed by atoms with van der Waals surface area (Å²) in [4.78, 5) is 41.9. The van der Waals surface area contributed by atoms with E-state index in [4.69, 9.17) is 9.47 Å². The molecule has 0 aliphatic carbocycles. The van der Waals surface area contributed by atoms with Crippen molar-refractivity contribution in [1.82, 2.24) is 9.97 Å². The number of nitrogens with one attached hydrogen (secondary N) is 3. The number of carbonyl (C=O) groups is 2. The Morgan fingerprint density at radius 3 is 2.47 bits per heavy atom. The van der Waals surface area contributed by atoms with Gasteiger partial charge in [0.05, 0.1) is 16.6 Å². The molecule has 1 heterocycles. The maximum Gasteiger partial charge on any atom is 0.339 e. The van der Waals surface area contributed by atoms with Crippen LogP contribution in [-0.2, 0) is 16.1 Å². The summed E-state index contributed by atoms with van der Waals surface area (Å²) < 4.78 is 11.1. The summed E-state index contributed by atoms with van der Waals surface area (Å²) in [7, 11) is 0. The van der Waals surface area contributed by atoms with Crippen molar-refractivity contribution in [3.8, 4) is 5.75 Å². The van der Waals surface area contributed by atoms with Crippen LogP contribution < -0.4 is 15.7 Å². The van der Waals surface area contributed by atoms with E-state index >= 15 is 0 Å². The summed E-state index contributed by atoms with van der Waals surface area (Å²) in [5.41, 5.74) is 2.30. The number of carbonyl (C=O) groups excluding carboxylic acids is 2. The van der Waals surface area contributed by atoms with Crippen LogP contribution in [0.15, 0.2) is 77.6 Å². The van der Waals surface area contributed by atoms with Gasteiger partial charge in [-0.2, -0.15) is 0 Å². The molecule has 0 saturated heterocycles. The number of hydrogen-bond donors (Lipinski definition) is 3. The number of amides is 1. The third kappa shape index (κ3) is 4.86. The number of benzene rings is 3. The Morgan fingerprint density at radius 1 is 0.938 bits per heavy atom. The van der Waals surface area contributed by atoms with Gasteiger partial charge < -0.3 is 24.8 Å². The second-order valence-corrected chi connectivity index (χ2v) is 7.14. The van der Waals surface area contributed by atoms with Gasteiger partial charge in [-0.05, 0) is 43.3 Å². The normalized spacial score (nSPS) is 11.7. The first-order chi connectivity index (χ1) is 15.5. The topological polar surface area (TPSA) is 113 Å². The van der Waals surface area contributed by atoms with Crippen molar-refractivity contribution in [1.29, 1.82) is 0 Å². The van der Waals surface area contributed by atoms with E-state index in [2.05, 4.69) is 15.3 Å². The Morgan fingerprint density at radius 2 is 1.66 bits per heavy atom. The lowest BCUT2D eigenvalue weighted by Gasteiger charge is -2.15. The number of aromatic nitrogens is 2. The molecular formula is C24H21N3O5. The van der Waals surface area contributed by atoms with Crippen molar-refractivity contribution in [2.24, 2.45) is 0 Å². The van der Waals surface area contributed by atoms with Crippen molar-refractivity contribution >= 4 is 28.6 Å². The summed E-state index contributed by atoms with van der Waals surface area (Å²) in [5, 5.41) is 2.68. The molecule has 1 aromatic heterocycles. The number of H-pyrrole nitrogens is 2. The molecule has 0 aliphatic rings. The molecule has 162 valence electrons.